The Balaban J connectivity index is 1.43. The van der Waals surface area contributed by atoms with Gasteiger partial charge in [-0.1, -0.05) is 46.3 Å². The van der Waals surface area contributed by atoms with Gasteiger partial charge in [0.05, 0.1) is 38.6 Å². The van der Waals surface area contributed by atoms with E-state index in [4.69, 9.17) is 18.7 Å². The molecule has 0 aliphatic carbocycles. The number of hydrogen-bond acceptors (Lipinski definition) is 8. The van der Waals surface area contributed by atoms with Crippen molar-refractivity contribution >= 4 is 0 Å². The van der Waals surface area contributed by atoms with Gasteiger partial charge in [0.2, 0.25) is 5.82 Å². The number of fused-ring (bicyclic) bond motifs is 1. The topological polar surface area (TPSA) is 97.3 Å². The number of para-hydroxylation sites is 1. The van der Waals surface area contributed by atoms with Crippen molar-refractivity contribution in [1.29, 1.82) is 0 Å². The minimum atomic E-state index is -0.0791. The third-order valence-corrected chi connectivity index (χ3v) is 5.32. The maximum Gasteiger partial charge on any atom is 0.262 e. The number of hydrogen-bond donors (Lipinski definition) is 0. The van der Waals surface area contributed by atoms with Crippen LogP contribution >= 0.6 is 0 Å². The molecular formula is C22H21N5O4. The van der Waals surface area contributed by atoms with Crippen molar-refractivity contribution in [3.63, 3.8) is 0 Å². The van der Waals surface area contributed by atoms with Crippen LogP contribution in [0.15, 0.2) is 47.0 Å². The summed E-state index contributed by atoms with van der Waals surface area (Å²) in [5.41, 5.74) is 4.31. The number of benzene rings is 2. The Bertz CT molecular complexity index is 1220. The van der Waals surface area contributed by atoms with E-state index in [1.807, 2.05) is 16.8 Å². The average molecular weight is 419 g/mol. The predicted octanol–water partition coefficient (Wildman–Crippen LogP) is 3.59. The first-order valence-electron chi connectivity index (χ1n) is 9.84. The van der Waals surface area contributed by atoms with Crippen molar-refractivity contribution in [3.8, 4) is 34.5 Å². The summed E-state index contributed by atoms with van der Waals surface area (Å²) in [5.74, 6) is 1.76. The number of nitrogens with zero attached hydrogens (tertiary/aromatic N) is 5. The van der Waals surface area contributed by atoms with Gasteiger partial charge >= 0.3 is 0 Å². The molecule has 0 N–H and O–H groups in total. The zero-order valence-electron chi connectivity index (χ0n) is 17.4. The normalized spacial score (nSPS) is 15.5. The van der Waals surface area contributed by atoms with Crippen molar-refractivity contribution < 1.29 is 18.7 Å². The van der Waals surface area contributed by atoms with Crippen LogP contribution < -0.4 is 9.47 Å². The van der Waals surface area contributed by atoms with Gasteiger partial charge in [0.1, 0.15) is 6.10 Å². The molecule has 5 rings (SSSR count). The number of aryl methyl sites for hydroxylation is 1. The summed E-state index contributed by atoms with van der Waals surface area (Å²) >= 11 is 0. The lowest BCUT2D eigenvalue weighted by molar-refractivity contribution is -0.00112. The molecule has 0 spiro atoms. The standard InChI is InChI=1S/C22H21N5O4/c1-13-7-9-14(10-8-13)18-11-27-16(12-30-18)19(24-26-27)21-23-22(31-25-21)15-5-4-6-17(28-2)20(15)29-3/h4-10,18H,11-12H2,1-3H3. The Morgan fingerprint density at radius 3 is 2.68 bits per heavy atom. The van der Waals surface area contributed by atoms with Gasteiger partial charge in [-0.05, 0) is 24.6 Å². The van der Waals surface area contributed by atoms with Crippen LogP contribution in [0.2, 0.25) is 0 Å². The smallest absolute Gasteiger partial charge is 0.262 e. The zero-order chi connectivity index (χ0) is 21.4. The third-order valence-electron chi connectivity index (χ3n) is 5.32. The van der Waals surface area contributed by atoms with Crippen molar-refractivity contribution in [2.75, 3.05) is 14.2 Å². The van der Waals surface area contributed by atoms with Crippen LogP contribution in [-0.2, 0) is 17.9 Å². The lowest BCUT2D eigenvalue weighted by atomic mass is 10.1. The second-order valence-corrected chi connectivity index (χ2v) is 7.24. The van der Waals surface area contributed by atoms with E-state index in [1.54, 1.807) is 20.3 Å². The lowest BCUT2D eigenvalue weighted by Crippen LogP contribution is -2.22. The SMILES string of the molecule is COc1cccc(-c2nc(-c3nnn4c3COC(c3ccc(C)cc3)C4)no2)c1OC. The summed E-state index contributed by atoms with van der Waals surface area (Å²) in [6.07, 6.45) is -0.0791. The van der Waals surface area contributed by atoms with Gasteiger partial charge in [-0.25, -0.2) is 4.68 Å². The summed E-state index contributed by atoms with van der Waals surface area (Å²) in [6, 6.07) is 13.8. The zero-order valence-corrected chi connectivity index (χ0v) is 17.4. The number of aromatic nitrogens is 5. The Morgan fingerprint density at radius 2 is 1.90 bits per heavy atom. The molecule has 9 nitrogen and oxygen atoms in total. The molecule has 4 aromatic rings. The van der Waals surface area contributed by atoms with Crippen LogP contribution in [0.3, 0.4) is 0 Å². The molecule has 1 aliphatic rings. The highest BCUT2D eigenvalue weighted by Gasteiger charge is 2.28. The molecule has 2 aromatic carbocycles. The van der Waals surface area contributed by atoms with Crippen molar-refractivity contribution in [2.24, 2.45) is 0 Å². The van der Waals surface area contributed by atoms with Gasteiger partial charge in [-0.2, -0.15) is 4.98 Å². The summed E-state index contributed by atoms with van der Waals surface area (Å²) < 4.78 is 24.2. The Hall–Kier alpha value is -3.72. The molecule has 0 saturated heterocycles. The first-order valence-corrected chi connectivity index (χ1v) is 9.84. The second-order valence-electron chi connectivity index (χ2n) is 7.24. The van der Waals surface area contributed by atoms with E-state index in [2.05, 4.69) is 51.6 Å². The highest BCUT2D eigenvalue weighted by molar-refractivity contribution is 5.69. The van der Waals surface area contributed by atoms with Gasteiger partial charge in [-0.3, -0.25) is 0 Å². The van der Waals surface area contributed by atoms with E-state index < -0.39 is 0 Å². The Labute approximate surface area is 178 Å². The third kappa shape index (κ3) is 3.42. The highest BCUT2D eigenvalue weighted by atomic mass is 16.5. The molecule has 0 saturated carbocycles. The largest absolute Gasteiger partial charge is 0.493 e. The van der Waals surface area contributed by atoms with E-state index in [1.165, 1.54) is 5.56 Å². The average Bonchev–Trinajstić information content (AvgIpc) is 3.45. The molecule has 1 atom stereocenters. The molecule has 0 fully saturated rings. The lowest BCUT2D eigenvalue weighted by Gasteiger charge is -2.24. The number of ether oxygens (including phenoxy) is 3. The number of methoxy groups -OCH3 is 2. The Kier molecular flexibility index (Phi) is 4.87. The fraction of sp³-hybridized carbons (Fsp3) is 0.273. The molecule has 0 bridgehead atoms. The van der Waals surface area contributed by atoms with Gasteiger partial charge in [-0.15, -0.1) is 5.10 Å². The summed E-state index contributed by atoms with van der Waals surface area (Å²) in [7, 11) is 3.14. The molecule has 0 amide bonds. The van der Waals surface area contributed by atoms with Crippen molar-refractivity contribution in [3.05, 3.63) is 59.3 Å². The van der Waals surface area contributed by atoms with Crippen LogP contribution in [0, 0.1) is 6.92 Å². The van der Waals surface area contributed by atoms with Gasteiger partial charge in [0.25, 0.3) is 5.89 Å². The summed E-state index contributed by atoms with van der Waals surface area (Å²) in [6.45, 7) is 2.99. The van der Waals surface area contributed by atoms with Crippen LogP contribution in [0.5, 0.6) is 11.5 Å². The van der Waals surface area contributed by atoms with Crippen LogP contribution in [-0.4, -0.2) is 39.4 Å². The minimum Gasteiger partial charge on any atom is -0.493 e. The van der Waals surface area contributed by atoms with Crippen LogP contribution in [0.1, 0.15) is 22.9 Å². The molecule has 2 aromatic heterocycles. The molecular weight excluding hydrogens is 398 g/mol. The van der Waals surface area contributed by atoms with E-state index in [9.17, 15) is 0 Å². The van der Waals surface area contributed by atoms with Gasteiger partial charge in [0, 0.05) is 0 Å². The quantitative estimate of drug-likeness (QED) is 0.484. The van der Waals surface area contributed by atoms with Gasteiger partial charge in [0.15, 0.2) is 17.2 Å². The minimum absolute atomic E-state index is 0.0791. The fourth-order valence-corrected chi connectivity index (χ4v) is 3.65. The molecule has 158 valence electrons. The van der Waals surface area contributed by atoms with Gasteiger partial charge < -0.3 is 18.7 Å². The first-order chi connectivity index (χ1) is 15.2. The monoisotopic (exact) mass is 419 g/mol. The predicted molar refractivity (Wildman–Crippen MR) is 111 cm³/mol. The maximum atomic E-state index is 6.09. The second kappa shape index (κ2) is 7.84. The molecule has 0 radical (unpaired) electrons. The number of rotatable bonds is 5. The Morgan fingerprint density at radius 1 is 1.06 bits per heavy atom. The van der Waals surface area contributed by atoms with E-state index in [0.29, 0.717) is 47.6 Å². The van der Waals surface area contributed by atoms with Crippen molar-refractivity contribution in [1.82, 2.24) is 25.1 Å². The first kappa shape index (κ1) is 19.3. The molecule has 3 heterocycles. The van der Waals surface area contributed by atoms with E-state index in [-0.39, 0.29) is 6.10 Å². The summed E-state index contributed by atoms with van der Waals surface area (Å²) in [5, 5.41) is 12.7. The fourth-order valence-electron chi connectivity index (χ4n) is 3.65. The summed E-state index contributed by atoms with van der Waals surface area (Å²) in [4.78, 5) is 4.52. The molecule has 1 aliphatic heterocycles. The van der Waals surface area contributed by atoms with Crippen LogP contribution in [0.25, 0.3) is 23.0 Å². The molecule has 31 heavy (non-hydrogen) atoms. The van der Waals surface area contributed by atoms with E-state index in [0.717, 1.165) is 11.3 Å². The van der Waals surface area contributed by atoms with Crippen LogP contribution in [0.4, 0.5) is 0 Å². The molecule has 9 heteroatoms. The maximum absolute atomic E-state index is 6.09. The highest BCUT2D eigenvalue weighted by Crippen LogP contribution is 2.38. The van der Waals surface area contributed by atoms with Crippen molar-refractivity contribution in [2.45, 2.75) is 26.2 Å². The molecule has 1 unspecified atom stereocenters. The van der Waals surface area contributed by atoms with E-state index >= 15 is 0 Å².